The van der Waals surface area contributed by atoms with Crippen molar-refractivity contribution in [2.24, 2.45) is 12.8 Å². The normalized spacial score (nSPS) is 12.2. The second-order valence-electron chi connectivity index (χ2n) is 4.73. The van der Waals surface area contributed by atoms with E-state index in [4.69, 9.17) is 5.73 Å². The van der Waals surface area contributed by atoms with Gasteiger partial charge in [0.2, 0.25) is 5.91 Å². The highest BCUT2D eigenvalue weighted by molar-refractivity contribution is 5.95. The molecule has 1 atom stereocenters. The van der Waals surface area contributed by atoms with Gasteiger partial charge in [-0.1, -0.05) is 25.5 Å². The molecule has 2 rings (SSSR count). The summed E-state index contributed by atoms with van der Waals surface area (Å²) in [7, 11) is 1.87. The van der Waals surface area contributed by atoms with E-state index in [9.17, 15) is 4.79 Å². The molecule has 0 spiro atoms. The summed E-state index contributed by atoms with van der Waals surface area (Å²) in [6.45, 7) is 2.00. The molecule has 20 heavy (non-hydrogen) atoms. The molecule has 0 fully saturated rings. The van der Waals surface area contributed by atoms with Crippen molar-refractivity contribution >= 4 is 11.6 Å². The Labute approximate surface area is 118 Å². The van der Waals surface area contributed by atoms with Crippen molar-refractivity contribution in [3.05, 3.63) is 30.6 Å². The Morgan fingerprint density at radius 3 is 2.95 bits per heavy atom. The number of rotatable bonds is 5. The Bertz CT molecular complexity index is 593. The third-order valence-corrected chi connectivity index (χ3v) is 3.04. The zero-order chi connectivity index (χ0) is 14.5. The lowest BCUT2D eigenvalue weighted by molar-refractivity contribution is -0.117. The summed E-state index contributed by atoms with van der Waals surface area (Å²) in [5.41, 5.74) is 7.40. The van der Waals surface area contributed by atoms with Gasteiger partial charge in [-0.2, -0.15) is 0 Å². The molecule has 0 radical (unpaired) electrons. The number of nitrogens with two attached hydrogens (primary N) is 1. The summed E-state index contributed by atoms with van der Waals surface area (Å²) < 4.78 is 1.82. The van der Waals surface area contributed by atoms with Crippen molar-refractivity contribution in [1.29, 1.82) is 0 Å². The molecular formula is C14H19N5O. The maximum atomic E-state index is 11.9. The van der Waals surface area contributed by atoms with Crippen molar-refractivity contribution in [1.82, 2.24) is 14.8 Å². The van der Waals surface area contributed by atoms with E-state index >= 15 is 0 Å². The summed E-state index contributed by atoms with van der Waals surface area (Å²) >= 11 is 0. The molecule has 0 aliphatic carbocycles. The highest BCUT2D eigenvalue weighted by atomic mass is 16.2. The fraction of sp³-hybridized carbons (Fsp3) is 0.357. The molecule has 0 bridgehead atoms. The number of carbonyl (C=O) groups is 1. The second kappa shape index (κ2) is 6.29. The molecule has 1 amide bonds. The predicted octanol–water partition coefficient (Wildman–Crippen LogP) is 1.55. The molecule has 0 saturated heterocycles. The van der Waals surface area contributed by atoms with Crippen LogP contribution in [0.2, 0.25) is 0 Å². The van der Waals surface area contributed by atoms with E-state index in [1.807, 2.05) is 42.8 Å². The van der Waals surface area contributed by atoms with E-state index in [1.165, 1.54) is 0 Å². The lowest BCUT2D eigenvalue weighted by Gasteiger charge is -2.11. The topological polar surface area (TPSA) is 85.8 Å². The molecule has 2 aromatic rings. The maximum Gasteiger partial charge on any atom is 0.241 e. The Morgan fingerprint density at radius 2 is 2.30 bits per heavy atom. The van der Waals surface area contributed by atoms with Crippen molar-refractivity contribution in [2.75, 3.05) is 5.32 Å². The van der Waals surface area contributed by atoms with Gasteiger partial charge in [0.1, 0.15) is 6.33 Å². The number of nitrogens with zero attached hydrogens (tertiary/aromatic N) is 3. The van der Waals surface area contributed by atoms with Gasteiger partial charge < -0.3 is 15.6 Å². The molecule has 6 nitrogen and oxygen atoms in total. The first kappa shape index (κ1) is 14.2. The van der Waals surface area contributed by atoms with E-state index in [-0.39, 0.29) is 5.91 Å². The van der Waals surface area contributed by atoms with Gasteiger partial charge in [-0.15, -0.1) is 10.2 Å². The van der Waals surface area contributed by atoms with Crippen LogP contribution in [0.5, 0.6) is 0 Å². The number of aromatic nitrogens is 3. The fourth-order valence-corrected chi connectivity index (χ4v) is 1.96. The van der Waals surface area contributed by atoms with Crippen LogP contribution in [0.3, 0.4) is 0 Å². The molecule has 1 aromatic heterocycles. The number of carbonyl (C=O) groups excluding carboxylic acids is 1. The lowest BCUT2D eigenvalue weighted by Crippen LogP contribution is -2.35. The van der Waals surface area contributed by atoms with Gasteiger partial charge in [-0.05, 0) is 18.6 Å². The first-order chi connectivity index (χ1) is 9.61. The van der Waals surface area contributed by atoms with E-state index in [0.717, 1.165) is 17.8 Å². The Hall–Kier alpha value is -2.21. The first-order valence-corrected chi connectivity index (χ1v) is 6.62. The maximum absolute atomic E-state index is 11.9. The monoisotopic (exact) mass is 273 g/mol. The van der Waals surface area contributed by atoms with Crippen LogP contribution in [0.4, 0.5) is 5.69 Å². The Kier molecular flexibility index (Phi) is 4.47. The van der Waals surface area contributed by atoms with E-state index in [0.29, 0.717) is 12.1 Å². The average molecular weight is 273 g/mol. The van der Waals surface area contributed by atoms with Crippen LogP contribution in [0, 0.1) is 0 Å². The lowest BCUT2D eigenvalue weighted by atomic mass is 10.1. The van der Waals surface area contributed by atoms with Crippen LogP contribution in [-0.2, 0) is 11.8 Å². The molecule has 0 unspecified atom stereocenters. The third kappa shape index (κ3) is 3.21. The fourth-order valence-electron chi connectivity index (χ4n) is 1.96. The SMILES string of the molecule is CCC[C@H](N)C(=O)Nc1cccc(-c2nncn2C)c1. The van der Waals surface area contributed by atoms with Crippen LogP contribution >= 0.6 is 0 Å². The van der Waals surface area contributed by atoms with Crippen LogP contribution in [0.15, 0.2) is 30.6 Å². The van der Waals surface area contributed by atoms with Crippen LogP contribution in [0.1, 0.15) is 19.8 Å². The zero-order valence-electron chi connectivity index (χ0n) is 11.7. The first-order valence-electron chi connectivity index (χ1n) is 6.62. The van der Waals surface area contributed by atoms with Crippen LogP contribution < -0.4 is 11.1 Å². The van der Waals surface area contributed by atoms with Gasteiger partial charge >= 0.3 is 0 Å². The van der Waals surface area contributed by atoms with Gasteiger partial charge in [0, 0.05) is 18.3 Å². The van der Waals surface area contributed by atoms with E-state index in [2.05, 4.69) is 15.5 Å². The Morgan fingerprint density at radius 1 is 1.50 bits per heavy atom. The Balaban J connectivity index is 2.15. The minimum Gasteiger partial charge on any atom is -0.325 e. The third-order valence-electron chi connectivity index (χ3n) is 3.04. The number of benzene rings is 1. The minimum atomic E-state index is -0.474. The van der Waals surface area contributed by atoms with Crippen molar-refractivity contribution < 1.29 is 4.79 Å². The number of aryl methyl sites for hydroxylation is 1. The van der Waals surface area contributed by atoms with Crippen molar-refractivity contribution in [3.63, 3.8) is 0 Å². The number of hydrogen-bond donors (Lipinski definition) is 2. The van der Waals surface area contributed by atoms with Gasteiger partial charge in [-0.3, -0.25) is 4.79 Å². The highest BCUT2D eigenvalue weighted by Gasteiger charge is 2.13. The van der Waals surface area contributed by atoms with Crippen molar-refractivity contribution in [2.45, 2.75) is 25.8 Å². The predicted molar refractivity (Wildman–Crippen MR) is 78.0 cm³/mol. The summed E-state index contributed by atoms with van der Waals surface area (Å²) in [5, 5.41) is 10.7. The standard InChI is InChI=1S/C14H19N5O/c1-3-5-12(15)14(20)17-11-7-4-6-10(8-11)13-18-16-9-19(13)2/h4,6-9,12H,3,5,15H2,1-2H3,(H,17,20)/t12-/m0/s1. The van der Waals surface area contributed by atoms with Gasteiger partial charge in [0.25, 0.3) is 0 Å². The molecule has 6 heteroatoms. The molecule has 0 aliphatic heterocycles. The molecule has 0 saturated carbocycles. The van der Waals surface area contributed by atoms with Crippen molar-refractivity contribution in [3.8, 4) is 11.4 Å². The highest BCUT2D eigenvalue weighted by Crippen LogP contribution is 2.20. The quantitative estimate of drug-likeness (QED) is 0.865. The zero-order valence-corrected chi connectivity index (χ0v) is 11.7. The minimum absolute atomic E-state index is 0.165. The molecule has 0 aliphatic rings. The molecular weight excluding hydrogens is 254 g/mol. The van der Waals surface area contributed by atoms with Gasteiger partial charge in [-0.25, -0.2) is 0 Å². The number of hydrogen-bond acceptors (Lipinski definition) is 4. The molecule has 3 N–H and O–H groups in total. The number of anilines is 1. The van der Waals surface area contributed by atoms with E-state index < -0.39 is 6.04 Å². The van der Waals surface area contributed by atoms with Gasteiger partial charge in [0.05, 0.1) is 6.04 Å². The smallest absolute Gasteiger partial charge is 0.241 e. The molecule has 1 aromatic carbocycles. The van der Waals surface area contributed by atoms with Crippen LogP contribution in [-0.4, -0.2) is 26.7 Å². The van der Waals surface area contributed by atoms with Gasteiger partial charge in [0.15, 0.2) is 5.82 Å². The summed E-state index contributed by atoms with van der Waals surface area (Å²) in [4.78, 5) is 11.9. The van der Waals surface area contributed by atoms with Crippen LogP contribution in [0.25, 0.3) is 11.4 Å². The second-order valence-corrected chi connectivity index (χ2v) is 4.73. The average Bonchev–Trinajstić information content (AvgIpc) is 2.85. The number of nitrogens with one attached hydrogen (secondary N) is 1. The largest absolute Gasteiger partial charge is 0.325 e. The van der Waals surface area contributed by atoms with E-state index in [1.54, 1.807) is 6.33 Å². The summed E-state index contributed by atoms with van der Waals surface area (Å²) in [6, 6.07) is 7.01. The molecule has 106 valence electrons. The molecule has 1 heterocycles. The summed E-state index contributed by atoms with van der Waals surface area (Å²) in [5.74, 6) is 0.584. The summed E-state index contributed by atoms with van der Waals surface area (Å²) in [6.07, 6.45) is 3.19. The number of amides is 1.